The summed E-state index contributed by atoms with van der Waals surface area (Å²) in [6.07, 6.45) is 0. The molecule has 9 heteroatoms. The predicted molar refractivity (Wildman–Crippen MR) is 54.1 cm³/mol. The molecule has 0 heterocycles. The molecule has 0 bridgehead atoms. The number of halogens is 3. The molecular formula is C8H8F3N3O2S. The van der Waals surface area contributed by atoms with E-state index in [1.807, 2.05) is 0 Å². The summed E-state index contributed by atoms with van der Waals surface area (Å²) in [5.74, 6) is -0.292. The number of oxime groups is 1. The minimum Gasteiger partial charge on any atom is -0.409 e. The van der Waals surface area contributed by atoms with Gasteiger partial charge in [-0.25, -0.2) is 8.99 Å². The lowest BCUT2D eigenvalue weighted by Crippen LogP contribution is -2.22. The molecule has 1 atom stereocenters. The van der Waals surface area contributed by atoms with Gasteiger partial charge < -0.3 is 10.9 Å². The van der Waals surface area contributed by atoms with Crippen molar-refractivity contribution in [1.82, 2.24) is 0 Å². The molecule has 0 saturated carbocycles. The first-order chi connectivity index (χ1) is 7.70. The van der Waals surface area contributed by atoms with Crippen molar-refractivity contribution in [2.45, 2.75) is 10.4 Å². The third-order valence-electron chi connectivity index (χ3n) is 1.92. The first-order valence-electron chi connectivity index (χ1n) is 4.13. The first-order valence-corrected chi connectivity index (χ1v) is 5.69. The van der Waals surface area contributed by atoms with Crippen LogP contribution in [0.2, 0.25) is 0 Å². The Hall–Kier alpha value is -1.77. The van der Waals surface area contributed by atoms with Gasteiger partial charge >= 0.3 is 5.51 Å². The van der Waals surface area contributed by atoms with Crippen molar-refractivity contribution in [3.63, 3.8) is 0 Å². The van der Waals surface area contributed by atoms with E-state index in [0.29, 0.717) is 0 Å². The normalized spacial score (nSPS) is 16.5. The van der Waals surface area contributed by atoms with Gasteiger partial charge in [0.2, 0.25) is 0 Å². The van der Waals surface area contributed by atoms with Gasteiger partial charge in [-0.15, -0.1) is 0 Å². The van der Waals surface area contributed by atoms with Crippen LogP contribution in [0.5, 0.6) is 0 Å². The van der Waals surface area contributed by atoms with Gasteiger partial charge in [0.05, 0.1) is 4.90 Å². The standard InChI is InChI=1S/C8H8F3N3O2S/c9-8(10,11)17(13,16)6-3-1-5(2-4-6)7(12)14-15/h1-4,13,15H,(H2,12,14). The lowest BCUT2D eigenvalue weighted by Gasteiger charge is -2.11. The van der Waals surface area contributed by atoms with Crippen LogP contribution in [0.25, 0.3) is 0 Å². The Kier molecular flexibility index (Phi) is 3.32. The molecule has 1 rings (SSSR count). The van der Waals surface area contributed by atoms with Crippen molar-refractivity contribution < 1.29 is 22.6 Å². The molecule has 0 aliphatic heterocycles. The average Bonchev–Trinajstić information content (AvgIpc) is 2.26. The zero-order chi connectivity index (χ0) is 13.3. The van der Waals surface area contributed by atoms with Gasteiger partial charge in [-0.2, -0.15) is 13.2 Å². The molecule has 4 N–H and O–H groups in total. The van der Waals surface area contributed by atoms with E-state index < -0.39 is 20.1 Å². The summed E-state index contributed by atoms with van der Waals surface area (Å²) in [5, 5.41) is 11.0. The summed E-state index contributed by atoms with van der Waals surface area (Å²) >= 11 is 0. The molecule has 0 saturated heterocycles. The molecular weight excluding hydrogens is 259 g/mol. The quantitative estimate of drug-likeness (QED) is 0.329. The third kappa shape index (κ3) is 2.49. The van der Waals surface area contributed by atoms with E-state index in [1.54, 1.807) is 0 Å². The molecule has 17 heavy (non-hydrogen) atoms. The number of hydrogen-bond acceptors (Lipinski definition) is 4. The van der Waals surface area contributed by atoms with E-state index in [1.165, 1.54) is 0 Å². The maximum Gasteiger partial charge on any atom is 0.483 e. The first kappa shape index (κ1) is 13.3. The fourth-order valence-electron chi connectivity index (χ4n) is 1.01. The predicted octanol–water partition coefficient (Wildman–Crippen LogP) is 1.71. The highest BCUT2D eigenvalue weighted by Crippen LogP contribution is 2.30. The summed E-state index contributed by atoms with van der Waals surface area (Å²) in [5.41, 5.74) is 0.226. The second-order valence-electron chi connectivity index (χ2n) is 3.01. The fraction of sp³-hybridized carbons (Fsp3) is 0.125. The molecule has 5 nitrogen and oxygen atoms in total. The van der Waals surface area contributed by atoms with Crippen LogP contribution in [0.3, 0.4) is 0 Å². The summed E-state index contributed by atoms with van der Waals surface area (Å²) in [4.78, 5) is -0.681. The minimum absolute atomic E-state index is 0.161. The molecule has 94 valence electrons. The Morgan fingerprint density at radius 2 is 1.82 bits per heavy atom. The number of nitrogens with two attached hydrogens (primary N) is 1. The number of alkyl halides is 3. The van der Waals surface area contributed by atoms with Crippen LogP contribution in [-0.4, -0.2) is 20.8 Å². The van der Waals surface area contributed by atoms with E-state index in [9.17, 15) is 17.4 Å². The van der Waals surface area contributed by atoms with Gasteiger partial charge in [0.25, 0.3) is 0 Å². The number of rotatable bonds is 2. The van der Waals surface area contributed by atoms with Crippen LogP contribution in [0.4, 0.5) is 13.2 Å². The van der Waals surface area contributed by atoms with Gasteiger partial charge in [-0.1, -0.05) is 5.16 Å². The van der Waals surface area contributed by atoms with Gasteiger partial charge in [-0.05, 0) is 24.3 Å². The SMILES string of the molecule is N=S(=O)(c1ccc(/C(N)=N\O)cc1)C(F)(F)F. The molecule has 1 aromatic carbocycles. The second-order valence-corrected chi connectivity index (χ2v) is 5.06. The molecule has 1 unspecified atom stereocenters. The molecule has 0 fully saturated rings. The van der Waals surface area contributed by atoms with Crippen molar-refractivity contribution in [3.8, 4) is 0 Å². The van der Waals surface area contributed by atoms with Crippen LogP contribution in [-0.2, 0) is 9.73 Å². The van der Waals surface area contributed by atoms with Crippen LogP contribution in [0.15, 0.2) is 34.3 Å². The second kappa shape index (κ2) is 4.24. The van der Waals surface area contributed by atoms with Gasteiger partial charge in [0, 0.05) is 5.56 Å². The van der Waals surface area contributed by atoms with Crippen LogP contribution in [0, 0.1) is 4.78 Å². The Morgan fingerprint density at radius 3 is 2.18 bits per heavy atom. The molecule has 0 aliphatic carbocycles. The van der Waals surface area contributed by atoms with E-state index in [0.717, 1.165) is 24.3 Å². The number of nitrogens with zero attached hydrogens (tertiary/aromatic N) is 1. The Labute approximate surface area is 94.7 Å². The third-order valence-corrected chi connectivity index (χ3v) is 3.50. The maximum absolute atomic E-state index is 12.3. The number of benzene rings is 1. The van der Waals surface area contributed by atoms with E-state index in [-0.39, 0.29) is 11.4 Å². The summed E-state index contributed by atoms with van der Waals surface area (Å²) in [6.45, 7) is 0. The minimum atomic E-state index is -5.13. The fourth-order valence-corrected chi connectivity index (χ4v) is 1.80. The van der Waals surface area contributed by atoms with E-state index in [4.69, 9.17) is 15.7 Å². The summed E-state index contributed by atoms with van der Waals surface area (Å²) in [6, 6.07) is 3.89. The van der Waals surface area contributed by atoms with Gasteiger partial charge in [0.15, 0.2) is 15.6 Å². The highest BCUT2D eigenvalue weighted by Gasteiger charge is 2.43. The summed E-state index contributed by atoms with van der Waals surface area (Å²) < 4.78 is 54.9. The largest absolute Gasteiger partial charge is 0.483 e. The topological polar surface area (TPSA) is 99.5 Å². The van der Waals surface area contributed by atoms with Gasteiger partial charge in [-0.3, -0.25) is 0 Å². The van der Waals surface area contributed by atoms with Crippen molar-refractivity contribution >= 4 is 15.6 Å². The van der Waals surface area contributed by atoms with Crippen molar-refractivity contribution in [1.29, 1.82) is 4.78 Å². The van der Waals surface area contributed by atoms with Crippen LogP contribution >= 0.6 is 0 Å². The Balaban J connectivity index is 3.22. The Bertz CT molecular complexity index is 534. The highest BCUT2D eigenvalue weighted by molar-refractivity contribution is 7.93. The van der Waals surface area contributed by atoms with Crippen LogP contribution in [0.1, 0.15) is 5.56 Å². The molecule has 0 spiro atoms. The highest BCUT2D eigenvalue weighted by atomic mass is 32.2. The van der Waals surface area contributed by atoms with Crippen LogP contribution < -0.4 is 5.73 Å². The van der Waals surface area contributed by atoms with E-state index in [2.05, 4.69) is 5.16 Å². The zero-order valence-corrected chi connectivity index (χ0v) is 9.05. The molecule has 0 aliphatic rings. The smallest absolute Gasteiger partial charge is 0.409 e. The Morgan fingerprint density at radius 1 is 1.35 bits per heavy atom. The molecule has 0 radical (unpaired) electrons. The van der Waals surface area contributed by atoms with E-state index >= 15 is 0 Å². The number of nitrogens with one attached hydrogen (secondary N) is 1. The van der Waals surface area contributed by atoms with Crippen molar-refractivity contribution in [2.24, 2.45) is 10.9 Å². The number of amidine groups is 1. The molecule has 0 aromatic heterocycles. The lowest BCUT2D eigenvalue weighted by molar-refractivity contribution is -0.0406. The number of hydrogen-bond donors (Lipinski definition) is 3. The molecule has 1 aromatic rings. The lowest BCUT2D eigenvalue weighted by atomic mass is 10.2. The monoisotopic (exact) mass is 267 g/mol. The zero-order valence-electron chi connectivity index (χ0n) is 8.23. The summed E-state index contributed by atoms with van der Waals surface area (Å²) in [7, 11) is -4.87. The van der Waals surface area contributed by atoms with Gasteiger partial charge in [0.1, 0.15) is 0 Å². The van der Waals surface area contributed by atoms with Crippen molar-refractivity contribution in [3.05, 3.63) is 29.8 Å². The average molecular weight is 267 g/mol. The van der Waals surface area contributed by atoms with Crippen molar-refractivity contribution in [2.75, 3.05) is 0 Å². The molecule has 0 amide bonds. The maximum atomic E-state index is 12.3.